The average Bonchev–Trinajstić information content (AvgIpc) is 3.14. The highest BCUT2D eigenvalue weighted by Crippen LogP contribution is 2.12. The molecule has 0 bridgehead atoms. The zero-order valence-electron chi connectivity index (χ0n) is 14.8. The van der Waals surface area contributed by atoms with Crippen molar-refractivity contribution < 1.29 is 9.53 Å². The predicted octanol–water partition coefficient (Wildman–Crippen LogP) is 3.00. The number of anilines is 1. The summed E-state index contributed by atoms with van der Waals surface area (Å²) >= 11 is 5.89. The van der Waals surface area contributed by atoms with Gasteiger partial charge in [0.2, 0.25) is 5.95 Å². The molecule has 0 radical (unpaired) electrons. The Morgan fingerprint density at radius 2 is 2.12 bits per heavy atom. The number of amides is 1. The maximum atomic E-state index is 12.3. The van der Waals surface area contributed by atoms with E-state index >= 15 is 0 Å². The fourth-order valence-electron chi connectivity index (χ4n) is 2.84. The van der Waals surface area contributed by atoms with Gasteiger partial charge in [0.1, 0.15) is 5.69 Å². The van der Waals surface area contributed by atoms with Gasteiger partial charge < -0.3 is 15.4 Å². The minimum atomic E-state index is -0.202. The second kappa shape index (κ2) is 8.96. The van der Waals surface area contributed by atoms with Crippen LogP contribution in [0.2, 0.25) is 5.02 Å². The van der Waals surface area contributed by atoms with Crippen LogP contribution in [0.4, 0.5) is 5.95 Å². The van der Waals surface area contributed by atoms with Crippen LogP contribution in [0.15, 0.2) is 30.3 Å². The summed E-state index contributed by atoms with van der Waals surface area (Å²) in [7, 11) is 0. The molecule has 7 heteroatoms. The summed E-state index contributed by atoms with van der Waals surface area (Å²) < 4.78 is 5.52. The zero-order valence-corrected chi connectivity index (χ0v) is 15.6. The molecule has 0 saturated carbocycles. The van der Waals surface area contributed by atoms with Gasteiger partial charge in [0, 0.05) is 30.4 Å². The first-order chi connectivity index (χ1) is 12.6. The van der Waals surface area contributed by atoms with Crippen molar-refractivity contribution in [2.75, 3.05) is 25.0 Å². The lowest BCUT2D eigenvalue weighted by Gasteiger charge is -2.11. The first-order valence-corrected chi connectivity index (χ1v) is 9.22. The Labute approximate surface area is 158 Å². The van der Waals surface area contributed by atoms with Crippen molar-refractivity contribution >= 4 is 23.5 Å². The second-order valence-corrected chi connectivity index (χ2v) is 6.80. The molecule has 1 amide bonds. The lowest BCUT2D eigenvalue weighted by molar-refractivity contribution is 0.0853. The van der Waals surface area contributed by atoms with E-state index in [2.05, 4.69) is 20.6 Å². The van der Waals surface area contributed by atoms with E-state index in [1.54, 1.807) is 6.07 Å². The van der Waals surface area contributed by atoms with Gasteiger partial charge in [-0.1, -0.05) is 23.7 Å². The fourth-order valence-corrected chi connectivity index (χ4v) is 2.96. The van der Waals surface area contributed by atoms with Crippen molar-refractivity contribution in [3.8, 4) is 0 Å². The van der Waals surface area contributed by atoms with Crippen LogP contribution in [0, 0.1) is 6.92 Å². The number of nitrogens with one attached hydrogen (secondary N) is 2. The number of nitrogens with zero attached hydrogens (tertiary/aromatic N) is 2. The van der Waals surface area contributed by atoms with Gasteiger partial charge in [0.25, 0.3) is 5.91 Å². The molecule has 1 aromatic heterocycles. The van der Waals surface area contributed by atoms with Crippen LogP contribution in [0.1, 0.15) is 34.6 Å². The van der Waals surface area contributed by atoms with Crippen molar-refractivity contribution in [3.63, 3.8) is 0 Å². The first kappa shape index (κ1) is 18.6. The normalized spacial score (nSPS) is 16.5. The summed E-state index contributed by atoms with van der Waals surface area (Å²) in [4.78, 5) is 21.0. The number of carbonyl (C=O) groups is 1. The summed E-state index contributed by atoms with van der Waals surface area (Å²) in [6.07, 6.45) is 2.96. The molecular formula is C19H23ClN4O2. The summed E-state index contributed by atoms with van der Waals surface area (Å²) in [5, 5.41) is 6.79. The number of carbonyl (C=O) groups excluding carboxylic acids is 1. The maximum Gasteiger partial charge on any atom is 0.270 e. The monoisotopic (exact) mass is 374 g/mol. The minimum Gasteiger partial charge on any atom is -0.376 e. The van der Waals surface area contributed by atoms with E-state index in [9.17, 15) is 4.79 Å². The molecule has 2 heterocycles. The zero-order chi connectivity index (χ0) is 18.4. The van der Waals surface area contributed by atoms with Crippen LogP contribution >= 0.6 is 11.6 Å². The Morgan fingerprint density at radius 1 is 1.31 bits per heavy atom. The largest absolute Gasteiger partial charge is 0.376 e. The Hall–Kier alpha value is -2.18. The molecule has 1 aliphatic rings. The molecular weight excluding hydrogens is 352 g/mol. The van der Waals surface area contributed by atoms with Crippen LogP contribution in [0.5, 0.6) is 0 Å². The average molecular weight is 375 g/mol. The molecule has 1 fully saturated rings. The molecule has 1 aliphatic heterocycles. The second-order valence-electron chi connectivity index (χ2n) is 6.37. The van der Waals surface area contributed by atoms with Gasteiger partial charge in [0.15, 0.2) is 0 Å². The Bertz CT molecular complexity index is 746. The molecule has 2 aromatic rings. The molecule has 2 N–H and O–H groups in total. The fraction of sp³-hybridized carbons (Fsp3) is 0.421. The third kappa shape index (κ3) is 5.41. The van der Waals surface area contributed by atoms with Gasteiger partial charge in [-0.15, -0.1) is 0 Å². The van der Waals surface area contributed by atoms with Gasteiger partial charge in [-0.3, -0.25) is 4.79 Å². The van der Waals surface area contributed by atoms with Crippen molar-refractivity contribution in [1.82, 2.24) is 15.3 Å². The highest BCUT2D eigenvalue weighted by Gasteiger charge is 2.17. The Balaban J connectivity index is 1.54. The van der Waals surface area contributed by atoms with Crippen LogP contribution in [-0.2, 0) is 11.2 Å². The molecule has 6 nitrogen and oxygen atoms in total. The van der Waals surface area contributed by atoms with Crippen LogP contribution in [0.3, 0.4) is 0 Å². The highest BCUT2D eigenvalue weighted by atomic mass is 35.5. The predicted molar refractivity (Wildman–Crippen MR) is 102 cm³/mol. The molecule has 138 valence electrons. The quantitative estimate of drug-likeness (QED) is 0.779. The molecule has 1 unspecified atom stereocenters. The third-order valence-corrected chi connectivity index (χ3v) is 4.46. The summed E-state index contributed by atoms with van der Waals surface area (Å²) in [6, 6.07) is 9.42. The lowest BCUT2D eigenvalue weighted by Crippen LogP contribution is -2.32. The molecule has 26 heavy (non-hydrogen) atoms. The standard InChI is InChI=1S/C19H23ClN4O2/c1-13-11-17(18(25)22-12-16-3-2-10-26-16)24-19(23-13)21-9-8-14-4-6-15(20)7-5-14/h4-7,11,16H,2-3,8-10,12H2,1H3,(H,22,25)(H,21,23,24). The first-order valence-electron chi connectivity index (χ1n) is 8.84. The van der Waals surface area contributed by atoms with Crippen molar-refractivity contribution in [3.05, 3.63) is 52.3 Å². The summed E-state index contributed by atoms with van der Waals surface area (Å²) in [5.74, 6) is 0.257. The van der Waals surface area contributed by atoms with Crippen molar-refractivity contribution in [2.45, 2.75) is 32.3 Å². The molecule has 0 spiro atoms. The molecule has 1 saturated heterocycles. The van der Waals surface area contributed by atoms with Gasteiger partial charge in [-0.25, -0.2) is 9.97 Å². The summed E-state index contributed by atoms with van der Waals surface area (Å²) in [6.45, 7) is 3.81. The number of aromatic nitrogens is 2. The summed E-state index contributed by atoms with van der Waals surface area (Å²) in [5.41, 5.74) is 2.28. The smallest absolute Gasteiger partial charge is 0.270 e. The van der Waals surface area contributed by atoms with Gasteiger partial charge in [-0.05, 0) is 49.9 Å². The lowest BCUT2D eigenvalue weighted by atomic mass is 10.1. The van der Waals surface area contributed by atoms with E-state index in [0.29, 0.717) is 24.7 Å². The topological polar surface area (TPSA) is 76.1 Å². The number of aryl methyl sites for hydroxylation is 1. The highest BCUT2D eigenvalue weighted by molar-refractivity contribution is 6.30. The number of ether oxygens (including phenoxy) is 1. The van der Waals surface area contributed by atoms with Gasteiger partial charge >= 0.3 is 0 Å². The number of halogens is 1. The van der Waals surface area contributed by atoms with Crippen LogP contribution in [-0.4, -0.2) is 41.7 Å². The minimum absolute atomic E-state index is 0.110. The van der Waals surface area contributed by atoms with Crippen molar-refractivity contribution in [1.29, 1.82) is 0 Å². The van der Waals surface area contributed by atoms with Gasteiger partial charge in [-0.2, -0.15) is 0 Å². The molecule has 0 aliphatic carbocycles. The number of hydrogen-bond acceptors (Lipinski definition) is 5. The molecule has 1 aromatic carbocycles. The third-order valence-electron chi connectivity index (χ3n) is 4.21. The Kier molecular flexibility index (Phi) is 6.41. The van der Waals surface area contributed by atoms with E-state index in [0.717, 1.165) is 36.6 Å². The number of hydrogen-bond donors (Lipinski definition) is 2. The van der Waals surface area contributed by atoms with E-state index in [1.807, 2.05) is 31.2 Å². The number of rotatable bonds is 7. The Morgan fingerprint density at radius 3 is 2.85 bits per heavy atom. The van der Waals surface area contributed by atoms with Gasteiger partial charge in [0.05, 0.1) is 6.10 Å². The van der Waals surface area contributed by atoms with E-state index in [4.69, 9.17) is 16.3 Å². The van der Waals surface area contributed by atoms with E-state index < -0.39 is 0 Å². The molecule has 1 atom stereocenters. The molecule has 3 rings (SSSR count). The maximum absolute atomic E-state index is 12.3. The van der Waals surface area contributed by atoms with Crippen molar-refractivity contribution in [2.24, 2.45) is 0 Å². The van der Waals surface area contributed by atoms with E-state index in [-0.39, 0.29) is 12.0 Å². The van der Waals surface area contributed by atoms with E-state index in [1.165, 1.54) is 5.56 Å². The van der Waals surface area contributed by atoms with Crippen LogP contribution < -0.4 is 10.6 Å². The number of benzene rings is 1. The van der Waals surface area contributed by atoms with Crippen LogP contribution in [0.25, 0.3) is 0 Å². The SMILES string of the molecule is Cc1cc(C(=O)NCC2CCCO2)nc(NCCc2ccc(Cl)cc2)n1.